The maximum atomic E-state index is 13.0. The van der Waals surface area contributed by atoms with Crippen LogP contribution in [0.4, 0.5) is 0 Å². The molecule has 1 N–H and O–H groups in total. The van der Waals surface area contributed by atoms with Crippen LogP contribution in [0.5, 0.6) is 0 Å². The van der Waals surface area contributed by atoms with Gasteiger partial charge in [-0.2, -0.15) is 0 Å². The van der Waals surface area contributed by atoms with Crippen LogP contribution < -0.4 is 5.32 Å². The number of methoxy groups -OCH3 is 1. The molecule has 2 aromatic heterocycles. The first kappa shape index (κ1) is 28.3. The molecule has 2 atom stereocenters. The quantitative estimate of drug-likeness (QED) is 0.232. The molecule has 0 radical (unpaired) electrons. The van der Waals surface area contributed by atoms with Crippen molar-refractivity contribution in [1.82, 2.24) is 10.3 Å². The second-order valence-corrected chi connectivity index (χ2v) is 16.1. The summed E-state index contributed by atoms with van der Waals surface area (Å²) in [4.78, 5) is 31.8. The number of hydrogen-bond donors (Lipinski definition) is 1. The van der Waals surface area contributed by atoms with Gasteiger partial charge in [0.05, 0.1) is 28.7 Å². The normalized spacial score (nSPS) is 13.2. The van der Waals surface area contributed by atoms with Crippen molar-refractivity contribution in [3.05, 3.63) is 76.8 Å². The van der Waals surface area contributed by atoms with Crippen molar-refractivity contribution in [1.29, 1.82) is 0 Å². The van der Waals surface area contributed by atoms with Crippen molar-refractivity contribution in [2.45, 2.75) is 58.0 Å². The summed E-state index contributed by atoms with van der Waals surface area (Å²) < 4.78 is 11.3. The second kappa shape index (κ2) is 11.9. The Kier molecular flexibility index (Phi) is 9.08. The van der Waals surface area contributed by atoms with E-state index in [1.807, 2.05) is 30.3 Å². The fourth-order valence-corrected chi connectivity index (χ4v) is 5.57. The highest BCUT2D eigenvalue weighted by Gasteiger charge is 2.41. The number of nitrogens with one attached hydrogen (secondary N) is 1. The third-order valence-corrected chi connectivity index (χ3v) is 12.1. The topological polar surface area (TPSA) is 77.5 Å². The van der Waals surface area contributed by atoms with Crippen molar-refractivity contribution >= 4 is 31.5 Å². The Morgan fingerprint density at radius 2 is 1.73 bits per heavy atom. The molecule has 6 nitrogen and oxygen atoms in total. The van der Waals surface area contributed by atoms with Gasteiger partial charge in [0.2, 0.25) is 0 Å². The van der Waals surface area contributed by atoms with E-state index in [0.29, 0.717) is 5.56 Å². The van der Waals surface area contributed by atoms with Crippen LogP contribution in [0.15, 0.2) is 60.8 Å². The molecule has 0 saturated carbocycles. The molecule has 3 rings (SSSR count). The molecule has 0 aliphatic rings. The summed E-state index contributed by atoms with van der Waals surface area (Å²) in [7, 11) is -0.853. The van der Waals surface area contributed by atoms with Crippen LogP contribution in [0, 0.1) is 11.8 Å². The van der Waals surface area contributed by atoms with Gasteiger partial charge in [-0.15, -0.1) is 11.3 Å². The fraction of sp³-hybridized carbons (Fsp3) is 0.345. The summed E-state index contributed by atoms with van der Waals surface area (Å²) in [6.07, 6.45) is 1.23. The minimum atomic E-state index is -2.16. The minimum Gasteiger partial charge on any atom is -0.467 e. The lowest BCUT2D eigenvalue weighted by atomic mass is 10.1. The first-order valence-electron chi connectivity index (χ1n) is 12.1. The number of hydrogen-bond acceptors (Lipinski definition) is 6. The summed E-state index contributed by atoms with van der Waals surface area (Å²) in [5.74, 6) is 5.39. The standard InChI is InChI=1S/C29H34N2O4SSi/c1-20(35-37(6,7)29(2,3)4)26(28(33)34-5)31-27(32)22-14-11-21(12-15-22)13-16-23-17-18-25(36-23)24-10-8-9-19-30-24/h8-12,14-15,17-20,26H,1-7H3,(H,31,32)/t20-,26+/m1/s1. The monoisotopic (exact) mass is 534 g/mol. The van der Waals surface area contributed by atoms with Crippen molar-refractivity contribution < 1.29 is 18.8 Å². The predicted molar refractivity (Wildman–Crippen MR) is 151 cm³/mol. The van der Waals surface area contributed by atoms with Gasteiger partial charge in [-0.3, -0.25) is 9.78 Å². The van der Waals surface area contributed by atoms with Crippen molar-refractivity contribution in [3.8, 4) is 22.4 Å². The number of carbonyl (C=O) groups is 2. The first-order valence-corrected chi connectivity index (χ1v) is 15.8. The largest absolute Gasteiger partial charge is 0.467 e. The van der Waals surface area contributed by atoms with Crippen LogP contribution in [0.25, 0.3) is 10.6 Å². The van der Waals surface area contributed by atoms with E-state index in [-0.39, 0.29) is 10.9 Å². The van der Waals surface area contributed by atoms with E-state index < -0.39 is 26.4 Å². The smallest absolute Gasteiger partial charge is 0.331 e. The lowest BCUT2D eigenvalue weighted by Crippen LogP contribution is -2.54. The van der Waals surface area contributed by atoms with E-state index >= 15 is 0 Å². The highest BCUT2D eigenvalue weighted by molar-refractivity contribution is 7.16. The molecule has 0 spiro atoms. The third kappa shape index (κ3) is 7.38. The Morgan fingerprint density at radius 3 is 2.32 bits per heavy atom. The summed E-state index contributed by atoms with van der Waals surface area (Å²) in [6.45, 7) is 12.4. The van der Waals surface area contributed by atoms with Crippen molar-refractivity contribution in [3.63, 3.8) is 0 Å². The summed E-state index contributed by atoms with van der Waals surface area (Å²) in [5.41, 5.74) is 2.13. The van der Waals surface area contributed by atoms with E-state index in [1.165, 1.54) is 7.11 Å². The molecule has 1 amide bonds. The number of ether oxygens (including phenoxy) is 1. The minimum absolute atomic E-state index is 0.0358. The van der Waals surface area contributed by atoms with Crippen LogP contribution in [0.2, 0.25) is 18.1 Å². The zero-order chi connectivity index (χ0) is 27.2. The summed E-state index contributed by atoms with van der Waals surface area (Å²) >= 11 is 1.58. The predicted octanol–water partition coefficient (Wildman–Crippen LogP) is 5.89. The average molecular weight is 535 g/mol. The number of pyridine rings is 1. The van der Waals surface area contributed by atoms with Gasteiger partial charge in [-0.05, 0) is 73.6 Å². The average Bonchev–Trinajstić information content (AvgIpc) is 3.34. The van der Waals surface area contributed by atoms with Gasteiger partial charge >= 0.3 is 5.97 Å². The van der Waals surface area contributed by atoms with Gasteiger partial charge in [0.1, 0.15) is 0 Å². The molecular formula is C29H34N2O4SSi. The molecule has 0 aliphatic carbocycles. The molecule has 2 heterocycles. The van der Waals surface area contributed by atoms with Gasteiger partial charge in [-0.1, -0.05) is 38.7 Å². The van der Waals surface area contributed by atoms with Crippen LogP contribution in [-0.2, 0) is 14.0 Å². The number of carbonyl (C=O) groups excluding carboxylic acids is 2. The molecule has 37 heavy (non-hydrogen) atoms. The molecule has 8 heteroatoms. The molecule has 0 saturated heterocycles. The van der Waals surface area contributed by atoms with E-state index in [4.69, 9.17) is 9.16 Å². The van der Waals surface area contributed by atoms with E-state index in [2.05, 4.69) is 56.0 Å². The van der Waals surface area contributed by atoms with Crippen molar-refractivity contribution in [2.24, 2.45) is 0 Å². The maximum Gasteiger partial charge on any atom is 0.331 e. The summed E-state index contributed by atoms with van der Waals surface area (Å²) in [6, 6.07) is 15.9. The molecule has 194 valence electrons. The van der Waals surface area contributed by atoms with Gasteiger partial charge in [-0.25, -0.2) is 4.79 Å². The molecule has 1 aromatic carbocycles. The van der Waals surface area contributed by atoms with Crippen LogP contribution in [0.3, 0.4) is 0 Å². The van der Waals surface area contributed by atoms with Gasteiger partial charge in [0.15, 0.2) is 14.4 Å². The number of esters is 1. The maximum absolute atomic E-state index is 13.0. The van der Waals surface area contributed by atoms with Crippen LogP contribution in [0.1, 0.15) is 48.5 Å². The lowest BCUT2D eigenvalue weighted by molar-refractivity contribution is -0.145. The molecular weight excluding hydrogens is 500 g/mol. The van der Waals surface area contributed by atoms with Gasteiger partial charge in [0.25, 0.3) is 5.91 Å². The SMILES string of the molecule is COC(=O)[C@@H](NC(=O)c1ccc(C#Cc2ccc(-c3ccccn3)s2)cc1)[C@@H](C)O[Si](C)(C)C(C)(C)C. The van der Waals surface area contributed by atoms with E-state index in [9.17, 15) is 9.59 Å². The van der Waals surface area contributed by atoms with Gasteiger partial charge < -0.3 is 14.5 Å². The highest BCUT2D eigenvalue weighted by Crippen LogP contribution is 2.37. The Balaban J connectivity index is 1.69. The molecule has 0 bridgehead atoms. The van der Waals surface area contributed by atoms with E-state index in [1.54, 1.807) is 48.7 Å². The Morgan fingerprint density at radius 1 is 1.03 bits per heavy atom. The van der Waals surface area contributed by atoms with Gasteiger partial charge in [0, 0.05) is 17.3 Å². The molecule has 0 fully saturated rings. The highest BCUT2D eigenvalue weighted by atomic mass is 32.1. The van der Waals surface area contributed by atoms with Crippen molar-refractivity contribution in [2.75, 3.05) is 7.11 Å². The second-order valence-electron chi connectivity index (χ2n) is 10.3. The van der Waals surface area contributed by atoms with Crippen LogP contribution in [-0.4, -0.2) is 44.4 Å². The zero-order valence-electron chi connectivity index (χ0n) is 22.4. The number of aromatic nitrogens is 1. The molecule has 3 aromatic rings. The number of benzene rings is 1. The zero-order valence-corrected chi connectivity index (χ0v) is 24.2. The first-order chi connectivity index (χ1) is 17.4. The van der Waals surface area contributed by atoms with E-state index in [0.717, 1.165) is 21.0 Å². The Labute approximate surface area is 224 Å². The number of rotatable bonds is 7. The lowest BCUT2D eigenvalue weighted by Gasteiger charge is -2.39. The Hall–Kier alpha value is -3.25. The number of thiophene rings is 1. The molecule has 0 aliphatic heterocycles. The van der Waals surface area contributed by atoms with Crippen LogP contribution >= 0.6 is 11.3 Å². The summed E-state index contributed by atoms with van der Waals surface area (Å²) in [5, 5.41) is 2.76. The number of amides is 1. The Bertz CT molecular complexity index is 1290. The third-order valence-electron chi connectivity index (χ3n) is 6.50. The number of nitrogens with zero attached hydrogens (tertiary/aromatic N) is 1. The molecule has 0 unspecified atom stereocenters. The fourth-order valence-electron chi connectivity index (χ4n) is 3.32.